The summed E-state index contributed by atoms with van der Waals surface area (Å²) in [5.74, 6) is -0.228. The normalized spacial score (nSPS) is 22.9. The number of carbonyl (C=O) groups is 1. The van der Waals surface area contributed by atoms with Crippen molar-refractivity contribution in [3.05, 3.63) is 60.2 Å². The van der Waals surface area contributed by atoms with Gasteiger partial charge in [0.05, 0.1) is 13.7 Å². The van der Waals surface area contributed by atoms with Gasteiger partial charge in [0.2, 0.25) is 0 Å². The van der Waals surface area contributed by atoms with E-state index in [-0.39, 0.29) is 12.3 Å². The minimum Gasteiger partial charge on any atom is -0.497 e. The zero-order valence-corrected chi connectivity index (χ0v) is 14.3. The molecule has 2 aromatic carbocycles. The first-order chi connectivity index (χ1) is 12.3. The summed E-state index contributed by atoms with van der Waals surface area (Å²) in [6.07, 6.45) is -4.63. The summed E-state index contributed by atoms with van der Waals surface area (Å²) in [5, 5.41) is 0. The van der Waals surface area contributed by atoms with E-state index in [9.17, 15) is 18.0 Å². The lowest BCUT2D eigenvalue weighted by molar-refractivity contribution is -0.228. The number of ether oxygens (including phenoxy) is 2. The number of benzene rings is 2. The maximum Gasteiger partial charge on any atom is 0.412 e. The number of hydrogen-bond acceptors (Lipinski definition) is 3. The van der Waals surface area contributed by atoms with E-state index < -0.39 is 23.7 Å². The highest BCUT2D eigenvalue weighted by molar-refractivity contribution is 6.08. The highest BCUT2D eigenvalue weighted by Crippen LogP contribution is 2.46. The van der Waals surface area contributed by atoms with E-state index in [4.69, 9.17) is 9.47 Å². The lowest BCUT2D eigenvalue weighted by Gasteiger charge is -2.53. The van der Waals surface area contributed by atoms with E-state index >= 15 is 0 Å². The third kappa shape index (κ3) is 3.14. The van der Waals surface area contributed by atoms with Crippen LogP contribution in [0.25, 0.3) is 0 Å². The molecule has 7 heteroatoms. The molecule has 138 valence electrons. The molecule has 0 bridgehead atoms. The van der Waals surface area contributed by atoms with Crippen LogP contribution in [0.2, 0.25) is 0 Å². The highest BCUT2D eigenvalue weighted by atomic mass is 19.4. The predicted molar refractivity (Wildman–Crippen MR) is 90.0 cm³/mol. The number of nitrogens with zero attached hydrogens (tertiary/aromatic N) is 1. The van der Waals surface area contributed by atoms with Gasteiger partial charge in [-0.25, -0.2) is 0 Å². The van der Waals surface area contributed by atoms with Crippen molar-refractivity contribution in [2.75, 3.05) is 12.0 Å². The first-order valence-electron chi connectivity index (χ1n) is 7.99. The highest BCUT2D eigenvalue weighted by Gasteiger charge is 2.69. The van der Waals surface area contributed by atoms with Gasteiger partial charge < -0.3 is 9.47 Å². The van der Waals surface area contributed by atoms with Crippen molar-refractivity contribution >= 4 is 11.6 Å². The van der Waals surface area contributed by atoms with Crippen molar-refractivity contribution in [1.82, 2.24) is 0 Å². The van der Waals surface area contributed by atoms with Gasteiger partial charge in [-0.3, -0.25) is 9.69 Å². The Hall–Kier alpha value is -2.54. The van der Waals surface area contributed by atoms with Crippen LogP contribution in [0.3, 0.4) is 0 Å². The Balaban J connectivity index is 1.85. The maximum atomic E-state index is 13.7. The third-order valence-corrected chi connectivity index (χ3v) is 4.47. The first kappa shape index (κ1) is 18.3. The van der Waals surface area contributed by atoms with Gasteiger partial charge in [0.15, 0.2) is 11.6 Å². The molecule has 26 heavy (non-hydrogen) atoms. The number of rotatable bonds is 5. The summed E-state index contributed by atoms with van der Waals surface area (Å²) < 4.78 is 51.5. The van der Waals surface area contributed by atoms with Crippen LogP contribution in [-0.2, 0) is 16.1 Å². The molecule has 3 rings (SSSR count). The molecule has 0 unspecified atom stereocenters. The largest absolute Gasteiger partial charge is 0.497 e. The van der Waals surface area contributed by atoms with Gasteiger partial charge in [0.1, 0.15) is 5.75 Å². The fourth-order valence-corrected chi connectivity index (χ4v) is 3.07. The number of carbonyl (C=O) groups excluding carboxylic acids is 1. The summed E-state index contributed by atoms with van der Waals surface area (Å²) in [6.45, 7) is 1.11. The van der Waals surface area contributed by atoms with Crippen LogP contribution in [-0.4, -0.2) is 30.8 Å². The SMILES string of the molecule is COc1ccc(N2C(=O)[C@](C)(OCc3ccccc3)[C@@H]2C(F)(F)F)cc1. The van der Waals surface area contributed by atoms with Crippen LogP contribution in [0.1, 0.15) is 12.5 Å². The molecule has 1 heterocycles. The lowest BCUT2D eigenvalue weighted by atomic mass is 9.82. The van der Waals surface area contributed by atoms with Gasteiger partial charge in [-0.1, -0.05) is 30.3 Å². The Morgan fingerprint density at radius 2 is 1.69 bits per heavy atom. The molecule has 0 radical (unpaired) electrons. The summed E-state index contributed by atoms with van der Waals surface area (Å²) in [5.41, 5.74) is -1.11. The average Bonchev–Trinajstić information content (AvgIpc) is 2.63. The number of β-lactam (4-membered cyclic amide) rings is 1. The number of amides is 1. The Labute approximate surface area is 149 Å². The Morgan fingerprint density at radius 3 is 2.23 bits per heavy atom. The van der Waals surface area contributed by atoms with Crippen LogP contribution in [0.15, 0.2) is 54.6 Å². The number of halogens is 3. The lowest BCUT2D eigenvalue weighted by Crippen LogP contribution is -2.78. The van der Waals surface area contributed by atoms with Gasteiger partial charge in [0, 0.05) is 5.69 Å². The zero-order valence-electron chi connectivity index (χ0n) is 14.3. The Bertz CT molecular complexity index is 777. The second kappa shape index (κ2) is 6.64. The molecule has 4 nitrogen and oxygen atoms in total. The molecule has 0 aromatic heterocycles. The molecule has 1 fully saturated rings. The second-order valence-electron chi connectivity index (χ2n) is 6.20. The van der Waals surface area contributed by atoms with Crippen LogP contribution in [0, 0.1) is 0 Å². The monoisotopic (exact) mass is 365 g/mol. The number of alkyl halides is 3. The molecule has 1 saturated heterocycles. The molecule has 2 atom stereocenters. The van der Waals surface area contributed by atoms with Crippen molar-refractivity contribution < 1.29 is 27.4 Å². The molecular formula is C19H18F3NO3. The van der Waals surface area contributed by atoms with Gasteiger partial charge >= 0.3 is 6.18 Å². The van der Waals surface area contributed by atoms with E-state index in [2.05, 4.69) is 0 Å². The standard InChI is InChI=1S/C19H18F3NO3/c1-18(26-12-13-6-4-3-5-7-13)16(19(20,21)22)23(17(18)24)14-8-10-15(25-2)11-9-14/h3-11,16H,12H2,1-2H3/t16-,18-/m1/s1. The number of methoxy groups -OCH3 is 1. The first-order valence-corrected chi connectivity index (χ1v) is 7.99. The molecular weight excluding hydrogens is 347 g/mol. The second-order valence-corrected chi connectivity index (χ2v) is 6.20. The number of anilines is 1. The average molecular weight is 365 g/mol. The smallest absolute Gasteiger partial charge is 0.412 e. The van der Waals surface area contributed by atoms with Crippen LogP contribution < -0.4 is 9.64 Å². The van der Waals surface area contributed by atoms with Gasteiger partial charge in [0.25, 0.3) is 5.91 Å². The van der Waals surface area contributed by atoms with E-state index in [1.54, 1.807) is 30.3 Å². The molecule has 0 spiro atoms. The molecule has 0 aliphatic carbocycles. The van der Waals surface area contributed by atoms with Gasteiger partial charge in [-0.2, -0.15) is 13.2 Å². The fourth-order valence-electron chi connectivity index (χ4n) is 3.07. The fraction of sp³-hybridized carbons (Fsp3) is 0.316. The van der Waals surface area contributed by atoms with Crippen molar-refractivity contribution in [2.45, 2.75) is 31.3 Å². The summed E-state index contributed by atoms with van der Waals surface area (Å²) in [4.78, 5) is 13.3. The third-order valence-electron chi connectivity index (χ3n) is 4.47. The van der Waals surface area contributed by atoms with Crippen LogP contribution in [0.4, 0.5) is 18.9 Å². The van der Waals surface area contributed by atoms with Crippen LogP contribution in [0.5, 0.6) is 5.75 Å². The zero-order chi connectivity index (χ0) is 18.9. The molecule has 1 aliphatic rings. The van der Waals surface area contributed by atoms with E-state index in [0.717, 1.165) is 4.90 Å². The predicted octanol–water partition coefficient (Wildman–Crippen LogP) is 3.95. The number of hydrogen-bond donors (Lipinski definition) is 0. The quantitative estimate of drug-likeness (QED) is 0.753. The minimum atomic E-state index is -4.63. The van der Waals surface area contributed by atoms with E-state index in [1.807, 2.05) is 0 Å². The minimum absolute atomic E-state index is 0.0773. The molecule has 0 saturated carbocycles. The maximum absolute atomic E-state index is 13.7. The Morgan fingerprint density at radius 1 is 1.08 bits per heavy atom. The van der Waals surface area contributed by atoms with Crippen LogP contribution >= 0.6 is 0 Å². The van der Waals surface area contributed by atoms with Gasteiger partial charge in [-0.05, 0) is 36.8 Å². The van der Waals surface area contributed by atoms with Crippen molar-refractivity contribution in [2.24, 2.45) is 0 Å². The van der Waals surface area contributed by atoms with Crippen molar-refractivity contribution in [1.29, 1.82) is 0 Å². The molecule has 1 amide bonds. The van der Waals surface area contributed by atoms with Gasteiger partial charge in [-0.15, -0.1) is 0 Å². The van der Waals surface area contributed by atoms with E-state index in [0.29, 0.717) is 11.3 Å². The summed E-state index contributed by atoms with van der Waals surface area (Å²) in [7, 11) is 1.46. The molecule has 0 N–H and O–H groups in total. The van der Waals surface area contributed by atoms with E-state index in [1.165, 1.54) is 38.3 Å². The molecule has 1 aliphatic heterocycles. The van der Waals surface area contributed by atoms with Crippen molar-refractivity contribution in [3.63, 3.8) is 0 Å². The molecule has 2 aromatic rings. The summed E-state index contributed by atoms with van der Waals surface area (Å²) in [6, 6.07) is 12.6. The summed E-state index contributed by atoms with van der Waals surface area (Å²) >= 11 is 0. The van der Waals surface area contributed by atoms with Crippen molar-refractivity contribution in [3.8, 4) is 5.75 Å². The topological polar surface area (TPSA) is 38.8 Å². The Kier molecular flexibility index (Phi) is 4.66.